The lowest BCUT2D eigenvalue weighted by atomic mass is 9.71. The van der Waals surface area contributed by atoms with Crippen LogP contribution in [0.3, 0.4) is 0 Å². The number of imidazole rings is 1. The molecule has 3 rings (SSSR count). The van der Waals surface area contributed by atoms with Gasteiger partial charge in [0.1, 0.15) is 17.8 Å². The van der Waals surface area contributed by atoms with E-state index in [0.29, 0.717) is 6.42 Å². The Labute approximate surface area is 167 Å². The van der Waals surface area contributed by atoms with Gasteiger partial charge in [0.2, 0.25) is 5.91 Å². The highest BCUT2D eigenvalue weighted by Gasteiger charge is 2.40. The lowest BCUT2D eigenvalue weighted by Crippen LogP contribution is -2.43. The molecule has 0 bridgehead atoms. The molecule has 4 heteroatoms. The monoisotopic (exact) mass is 376 g/mol. The van der Waals surface area contributed by atoms with Gasteiger partial charge < -0.3 is 5.73 Å². The summed E-state index contributed by atoms with van der Waals surface area (Å²) < 4.78 is 4.50. The van der Waals surface area contributed by atoms with Crippen molar-refractivity contribution >= 4 is 5.91 Å². The number of aromatic nitrogens is 2. The third-order valence-corrected chi connectivity index (χ3v) is 5.69. The van der Waals surface area contributed by atoms with E-state index in [4.69, 9.17) is 5.73 Å². The van der Waals surface area contributed by atoms with Crippen LogP contribution in [0.2, 0.25) is 0 Å². The molecule has 1 heterocycles. The molecule has 0 atom stereocenters. The van der Waals surface area contributed by atoms with E-state index in [1.54, 1.807) is 0 Å². The van der Waals surface area contributed by atoms with Gasteiger partial charge in [0, 0.05) is 13.3 Å². The fourth-order valence-corrected chi connectivity index (χ4v) is 3.94. The summed E-state index contributed by atoms with van der Waals surface area (Å²) in [4.78, 5) is 12.9. The lowest BCUT2D eigenvalue weighted by Gasteiger charge is -2.31. The van der Waals surface area contributed by atoms with Gasteiger partial charge in [0.05, 0.1) is 13.1 Å². The van der Waals surface area contributed by atoms with Crippen molar-refractivity contribution in [2.45, 2.75) is 51.6 Å². The summed E-state index contributed by atoms with van der Waals surface area (Å²) in [6.45, 7) is 6.08. The standard InChI is InChI=1S/C24H29N3O/c1-3-4-16-26-18-19-27(20(26)2)17-15-24(23(25)28,21-11-7-5-8-12-21)22-13-9-6-10-14-22/h5-14,18-19H,3-4,15-17H2,1-2H3,(H-,25,28)/p+1. The summed E-state index contributed by atoms with van der Waals surface area (Å²) in [5.74, 6) is 0.890. The van der Waals surface area contributed by atoms with Crippen molar-refractivity contribution in [2.75, 3.05) is 0 Å². The molecule has 1 aromatic heterocycles. The molecule has 0 saturated heterocycles. The summed E-state index contributed by atoms with van der Waals surface area (Å²) in [6, 6.07) is 19.8. The number of rotatable bonds is 9. The lowest BCUT2D eigenvalue weighted by molar-refractivity contribution is -0.702. The van der Waals surface area contributed by atoms with Gasteiger partial charge in [0.25, 0.3) is 5.82 Å². The molecule has 0 spiro atoms. The number of carbonyl (C=O) groups excluding carboxylic acids is 1. The van der Waals surface area contributed by atoms with E-state index < -0.39 is 5.41 Å². The number of unbranched alkanes of at least 4 members (excludes halogenated alkanes) is 1. The number of hydrogen-bond acceptors (Lipinski definition) is 1. The second-order valence-corrected chi connectivity index (χ2v) is 7.34. The highest BCUT2D eigenvalue weighted by molar-refractivity contribution is 5.90. The number of aryl methyl sites for hydroxylation is 2. The number of nitrogens with two attached hydrogens (primary N) is 1. The summed E-state index contributed by atoms with van der Waals surface area (Å²) in [6.07, 6.45) is 7.17. The van der Waals surface area contributed by atoms with E-state index in [0.717, 1.165) is 30.6 Å². The van der Waals surface area contributed by atoms with Crippen LogP contribution in [0.15, 0.2) is 73.1 Å². The average Bonchev–Trinajstić information content (AvgIpc) is 3.08. The molecule has 2 aromatic carbocycles. The normalized spacial score (nSPS) is 11.5. The fourth-order valence-electron chi connectivity index (χ4n) is 3.94. The number of hydrogen-bond donors (Lipinski definition) is 1. The van der Waals surface area contributed by atoms with Crippen LogP contribution in [0.4, 0.5) is 0 Å². The van der Waals surface area contributed by atoms with Gasteiger partial charge in [-0.15, -0.1) is 0 Å². The molecule has 28 heavy (non-hydrogen) atoms. The third kappa shape index (κ3) is 3.86. The van der Waals surface area contributed by atoms with Gasteiger partial charge in [-0.1, -0.05) is 74.0 Å². The van der Waals surface area contributed by atoms with Crippen molar-refractivity contribution in [3.63, 3.8) is 0 Å². The highest BCUT2D eigenvalue weighted by Crippen LogP contribution is 2.36. The maximum Gasteiger partial charge on any atom is 0.253 e. The second kappa shape index (κ2) is 8.87. The third-order valence-electron chi connectivity index (χ3n) is 5.69. The Morgan fingerprint density at radius 2 is 1.61 bits per heavy atom. The number of carbonyl (C=O) groups is 1. The van der Waals surface area contributed by atoms with Crippen LogP contribution in [-0.4, -0.2) is 10.5 Å². The SMILES string of the molecule is CCCC[n+]1ccn(CCC(C(N)=O)(c2ccccc2)c2ccccc2)c1C. The number of benzene rings is 2. The molecule has 1 amide bonds. The molecule has 0 aliphatic carbocycles. The zero-order valence-corrected chi connectivity index (χ0v) is 16.8. The largest absolute Gasteiger partial charge is 0.369 e. The Bertz CT molecular complexity index is 861. The first-order valence-corrected chi connectivity index (χ1v) is 10.1. The van der Waals surface area contributed by atoms with Gasteiger partial charge in [-0.05, 0) is 17.5 Å². The van der Waals surface area contributed by atoms with Crippen LogP contribution < -0.4 is 10.3 Å². The molecule has 0 aliphatic heterocycles. The Hall–Kier alpha value is -2.88. The van der Waals surface area contributed by atoms with Crippen LogP contribution >= 0.6 is 0 Å². The topological polar surface area (TPSA) is 51.9 Å². The molecule has 4 nitrogen and oxygen atoms in total. The Kier molecular flexibility index (Phi) is 6.30. The van der Waals surface area contributed by atoms with E-state index in [2.05, 4.69) is 35.4 Å². The van der Waals surface area contributed by atoms with Crippen molar-refractivity contribution in [1.82, 2.24) is 4.57 Å². The summed E-state index contributed by atoms with van der Waals surface area (Å²) in [5.41, 5.74) is 7.09. The van der Waals surface area contributed by atoms with E-state index in [9.17, 15) is 4.79 Å². The molecular formula is C24H30N3O+. The Morgan fingerprint density at radius 3 is 2.11 bits per heavy atom. The van der Waals surface area contributed by atoms with Gasteiger partial charge in [-0.25, -0.2) is 9.13 Å². The van der Waals surface area contributed by atoms with Crippen LogP contribution in [-0.2, 0) is 23.3 Å². The highest BCUT2D eigenvalue weighted by atomic mass is 16.1. The fraction of sp³-hybridized carbons (Fsp3) is 0.333. The summed E-state index contributed by atoms with van der Waals surface area (Å²) in [5, 5.41) is 0. The smallest absolute Gasteiger partial charge is 0.253 e. The molecule has 0 fully saturated rings. The second-order valence-electron chi connectivity index (χ2n) is 7.34. The Balaban J connectivity index is 1.97. The van der Waals surface area contributed by atoms with Gasteiger partial charge in [-0.3, -0.25) is 4.79 Å². The summed E-state index contributed by atoms with van der Waals surface area (Å²) in [7, 11) is 0. The van der Waals surface area contributed by atoms with E-state index in [-0.39, 0.29) is 5.91 Å². The zero-order valence-electron chi connectivity index (χ0n) is 16.8. The maximum atomic E-state index is 12.9. The predicted octanol–water partition coefficient (Wildman–Crippen LogP) is 3.75. The molecule has 0 radical (unpaired) electrons. The van der Waals surface area contributed by atoms with Gasteiger partial charge in [0.15, 0.2) is 0 Å². The van der Waals surface area contributed by atoms with Crippen molar-refractivity contribution in [3.05, 3.63) is 90.0 Å². The van der Waals surface area contributed by atoms with Crippen molar-refractivity contribution in [2.24, 2.45) is 5.73 Å². The quantitative estimate of drug-likeness (QED) is 0.568. The molecule has 0 aliphatic rings. The van der Waals surface area contributed by atoms with Gasteiger partial charge in [-0.2, -0.15) is 0 Å². The Morgan fingerprint density at radius 1 is 1.04 bits per heavy atom. The van der Waals surface area contributed by atoms with Crippen molar-refractivity contribution < 1.29 is 9.36 Å². The number of nitrogens with zero attached hydrogens (tertiary/aromatic N) is 2. The molecule has 0 unspecified atom stereocenters. The first kappa shape index (κ1) is 19.9. The summed E-state index contributed by atoms with van der Waals surface area (Å²) >= 11 is 0. The molecule has 2 N–H and O–H groups in total. The van der Waals surface area contributed by atoms with Crippen LogP contribution in [0, 0.1) is 6.92 Å². The number of primary amides is 1. The molecule has 146 valence electrons. The molecule has 0 saturated carbocycles. The first-order chi connectivity index (χ1) is 13.6. The van der Waals surface area contributed by atoms with Crippen molar-refractivity contribution in [1.29, 1.82) is 0 Å². The zero-order chi connectivity index (χ0) is 20.0. The maximum absolute atomic E-state index is 12.9. The van der Waals surface area contributed by atoms with Gasteiger partial charge >= 0.3 is 0 Å². The van der Waals surface area contributed by atoms with Crippen LogP contribution in [0.1, 0.15) is 43.1 Å². The van der Waals surface area contributed by atoms with E-state index in [1.807, 2.05) is 60.7 Å². The average molecular weight is 377 g/mol. The van der Waals surface area contributed by atoms with Crippen LogP contribution in [0.25, 0.3) is 0 Å². The molecule has 3 aromatic rings. The first-order valence-electron chi connectivity index (χ1n) is 10.1. The minimum absolute atomic E-state index is 0.312. The van der Waals surface area contributed by atoms with E-state index >= 15 is 0 Å². The van der Waals surface area contributed by atoms with Crippen LogP contribution in [0.5, 0.6) is 0 Å². The minimum Gasteiger partial charge on any atom is -0.369 e. The van der Waals surface area contributed by atoms with Crippen molar-refractivity contribution in [3.8, 4) is 0 Å². The number of amides is 1. The van der Waals surface area contributed by atoms with E-state index in [1.165, 1.54) is 12.2 Å². The minimum atomic E-state index is -0.854. The molecular weight excluding hydrogens is 346 g/mol. The predicted molar refractivity (Wildman–Crippen MR) is 112 cm³/mol.